The highest BCUT2D eigenvalue weighted by Gasteiger charge is 2.21. The third-order valence-electron chi connectivity index (χ3n) is 3.25. The Morgan fingerprint density at radius 1 is 1.53 bits per heavy atom. The van der Waals surface area contributed by atoms with Crippen LogP contribution < -0.4 is 4.74 Å². The van der Waals surface area contributed by atoms with Gasteiger partial charge in [-0.25, -0.2) is 0 Å². The van der Waals surface area contributed by atoms with Gasteiger partial charge in [0.05, 0.1) is 23.1 Å². The smallest absolute Gasteiger partial charge is 0.311 e. The lowest BCUT2D eigenvalue weighted by Gasteiger charge is -2.05. The number of nitriles is 1. The molecule has 0 amide bonds. The molecule has 2 aromatic rings. The van der Waals surface area contributed by atoms with Crippen molar-refractivity contribution in [3.63, 3.8) is 0 Å². The number of methoxy groups -OCH3 is 1. The number of nitro groups is 1. The third-order valence-corrected chi connectivity index (χ3v) is 3.25. The molecule has 0 aliphatic rings. The molecule has 0 unspecified atom stereocenters. The van der Waals surface area contributed by atoms with Crippen molar-refractivity contribution in [2.45, 2.75) is 20.4 Å². The second kappa shape index (κ2) is 4.61. The Morgan fingerprint density at radius 3 is 2.68 bits per heavy atom. The molecule has 1 aromatic carbocycles. The SMILES string of the molecule is CCn1c(C)c(C#N)c2cc([N+](=O)[O-])c(OC)cc21. The summed E-state index contributed by atoms with van der Waals surface area (Å²) in [6, 6.07) is 5.14. The van der Waals surface area contributed by atoms with Gasteiger partial charge in [-0.15, -0.1) is 0 Å². The fourth-order valence-corrected chi connectivity index (χ4v) is 2.35. The summed E-state index contributed by atoms with van der Waals surface area (Å²) >= 11 is 0. The number of benzene rings is 1. The van der Waals surface area contributed by atoms with Gasteiger partial charge in [-0.3, -0.25) is 10.1 Å². The first-order valence-corrected chi connectivity index (χ1v) is 5.80. The molecule has 0 N–H and O–H groups in total. The molecule has 0 saturated carbocycles. The molecule has 0 aliphatic heterocycles. The maximum atomic E-state index is 11.0. The summed E-state index contributed by atoms with van der Waals surface area (Å²) in [6.45, 7) is 4.48. The number of fused-ring (bicyclic) bond motifs is 1. The Hall–Kier alpha value is -2.55. The molecule has 0 aliphatic carbocycles. The first-order chi connectivity index (χ1) is 9.04. The van der Waals surface area contributed by atoms with Crippen molar-refractivity contribution in [3.05, 3.63) is 33.5 Å². The Labute approximate surface area is 110 Å². The molecule has 1 heterocycles. The molecular formula is C13H13N3O3. The zero-order chi connectivity index (χ0) is 14.2. The first-order valence-electron chi connectivity index (χ1n) is 5.80. The van der Waals surface area contributed by atoms with E-state index in [0.717, 1.165) is 11.2 Å². The highest BCUT2D eigenvalue weighted by atomic mass is 16.6. The Morgan fingerprint density at radius 2 is 2.21 bits per heavy atom. The average Bonchev–Trinajstić information content (AvgIpc) is 2.67. The molecule has 0 bridgehead atoms. The minimum Gasteiger partial charge on any atom is -0.490 e. The predicted octanol–water partition coefficient (Wildman–Crippen LogP) is 2.76. The van der Waals surface area contributed by atoms with Gasteiger partial charge in [0.2, 0.25) is 0 Å². The minimum absolute atomic E-state index is 0.125. The molecule has 19 heavy (non-hydrogen) atoms. The number of rotatable bonds is 3. The Balaban J connectivity index is 2.93. The van der Waals surface area contributed by atoms with Gasteiger partial charge in [0.15, 0.2) is 5.75 Å². The molecule has 0 fully saturated rings. The number of nitro benzene ring substituents is 1. The van der Waals surface area contributed by atoms with Crippen LogP contribution in [0.3, 0.4) is 0 Å². The number of ether oxygens (including phenoxy) is 1. The summed E-state index contributed by atoms with van der Waals surface area (Å²) in [4.78, 5) is 10.5. The van der Waals surface area contributed by atoms with Crippen LogP contribution in [0.4, 0.5) is 5.69 Å². The van der Waals surface area contributed by atoms with Crippen LogP contribution in [0.5, 0.6) is 5.75 Å². The molecule has 6 heteroatoms. The van der Waals surface area contributed by atoms with Crippen LogP contribution in [0, 0.1) is 28.4 Å². The van der Waals surface area contributed by atoms with Crippen LogP contribution in [-0.4, -0.2) is 16.6 Å². The van der Waals surface area contributed by atoms with E-state index in [-0.39, 0.29) is 11.4 Å². The summed E-state index contributed by atoms with van der Waals surface area (Å²) in [5.74, 6) is 0.203. The number of nitrogens with zero attached hydrogens (tertiary/aromatic N) is 3. The second-order valence-electron chi connectivity index (χ2n) is 4.11. The van der Waals surface area contributed by atoms with Gasteiger partial charge >= 0.3 is 5.69 Å². The fourth-order valence-electron chi connectivity index (χ4n) is 2.35. The van der Waals surface area contributed by atoms with E-state index < -0.39 is 4.92 Å². The summed E-state index contributed by atoms with van der Waals surface area (Å²) in [5, 5.41) is 20.8. The standard InChI is InChI=1S/C13H13N3O3/c1-4-15-8(2)10(7-14)9-5-12(16(17)18)13(19-3)6-11(9)15/h5-6H,4H2,1-3H3. The van der Waals surface area contributed by atoms with Crippen molar-refractivity contribution < 1.29 is 9.66 Å². The lowest BCUT2D eigenvalue weighted by atomic mass is 10.1. The van der Waals surface area contributed by atoms with Crippen LogP contribution in [-0.2, 0) is 6.54 Å². The number of hydrogen-bond acceptors (Lipinski definition) is 4. The van der Waals surface area contributed by atoms with Crippen LogP contribution in [0.1, 0.15) is 18.2 Å². The normalized spacial score (nSPS) is 10.4. The van der Waals surface area contributed by atoms with E-state index in [1.807, 2.05) is 18.4 Å². The molecule has 0 atom stereocenters. The maximum absolute atomic E-state index is 11.0. The van der Waals surface area contributed by atoms with Crippen LogP contribution in [0.15, 0.2) is 12.1 Å². The van der Waals surface area contributed by atoms with Gasteiger partial charge in [0.25, 0.3) is 0 Å². The quantitative estimate of drug-likeness (QED) is 0.627. The largest absolute Gasteiger partial charge is 0.490 e. The molecular weight excluding hydrogens is 246 g/mol. The van der Waals surface area contributed by atoms with Crippen molar-refractivity contribution in [3.8, 4) is 11.8 Å². The van der Waals surface area contributed by atoms with Gasteiger partial charge in [-0.2, -0.15) is 5.26 Å². The molecule has 0 spiro atoms. The van der Waals surface area contributed by atoms with Gasteiger partial charge in [0.1, 0.15) is 6.07 Å². The number of hydrogen-bond donors (Lipinski definition) is 0. The Kier molecular flexibility index (Phi) is 3.13. The number of aromatic nitrogens is 1. The Bertz CT molecular complexity index is 710. The molecule has 0 saturated heterocycles. The summed E-state index contributed by atoms with van der Waals surface area (Å²) in [6.07, 6.45) is 0. The highest BCUT2D eigenvalue weighted by molar-refractivity contribution is 5.91. The highest BCUT2D eigenvalue weighted by Crippen LogP contribution is 2.35. The second-order valence-corrected chi connectivity index (χ2v) is 4.11. The summed E-state index contributed by atoms with van der Waals surface area (Å²) in [5.41, 5.74) is 1.93. The lowest BCUT2D eigenvalue weighted by molar-refractivity contribution is -0.385. The van der Waals surface area contributed by atoms with Gasteiger partial charge in [-0.05, 0) is 13.8 Å². The first kappa shape index (κ1) is 12.9. The number of aryl methyl sites for hydroxylation is 1. The van der Waals surface area contributed by atoms with Crippen molar-refractivity contribution in [2.24, 2.45) is 0 Å². The molecule has 2 rings (SSSR count). The van der Waals surface area contributed by atoms with Gasteiger partial charge in [-0.1, -0.05) is 0 Å². The third kappa shape index (κ3) is 1.80. The van der Waals surface area contributed by atoms with Crippen LogP contribution in [0.25, 0.3) is 10.9 Å². The van der Waals surface area contributed by atoms with E-state index in [4.69, 9.17) is 4.74 Å². The lowest BCUT2D eigenvalue weighted by Crippen LogP contribution is -1.98. The van der Waals surface area contributed by atoms with Crippen LogP contribution >= 0.6 is 0 Å². The fraction of sp³-hybridized carbons (Fsp3) is 0.308. The van der Waals surface area contributed by atoms with E-state index in [1.165, 1.54) is 13.2 Å². The predicted molar refractivity (Wildman–Crippen MR) is 70.3 cm³/mol. The van der Waals surface area contributed by atoms with E-state index >= 15 is 0 Å². The van der Waals surface area contributed by atoms with Crippen LogP contribution in [0.2, 0.25) is 0 Å². The molecule has 98 valence electrons. The monoisotopic (exact) mass is 259 g/mol. The zero-order valence-corrected chi connectivity index (χ0v) is 10.9. The van der Waals surface area contributed by atoms with Gasteiger partial charge < -0.3 is 9.30 Å². The summed E-state index contributed by atoms with van der Waals surface area (Å²) in [7, 11) is 1.39. The average molecular weight is 259 g/mol. The molecule has 6 nitrogen and oxygen atoms in total. The minimum atomic E-state index is -0.502. The van der Waals surface area contributed by atoms with Gasteiger partial charge in [0, 0.05) is 29.8 Å². The van der Waals surface area contributed by atoms with Crippen molar-refractivity contribution in [1.82, 2.24) is 4.57 Å². The van der Waals surface area contributed by atoms with Crippen molar-refractivity contribution in [1.29, 1.82) is 5.26 Å². The molecule has 0 radical (unpaired) electrons. The van der Waals surface area contributed by atoms with E-state index in [2.05, 4.69) is 6.07 Å². The van der Waals surface area contributed by atoms with E-state index in [1.54, 1.807) is 6.07 Å². The van der Waals surface area contributed by atoms with E-state index in [9.17, 15) is 15.4 Å². The van der Waals surface area contributed by atoms with Crippen molar-refractivity contribution in [2.75, 3.05) is 7.11 Å². The molecule has 1 aromatic heterocycles. The maximum Gasteiger partial charge on any atom is 0.311 e. The topological polar surface area (TPSA) is 81.1 Å². The van der Waals surface area contributed by atoms with Crippen molar-refractivity contribution >= 4 is 16.6 Å². The zero-order valence-electron chi connectivity index (χ0n) is 10.9. The van der Waals surface area contributed by atoms with E-state index in [0.29, 0.717) is 17.5 Å². The summed E-state index contributed by atoms with van der Waals surface area (Å²) < 4.78 is 7.00.